The Kier molecular flexibility index (Phi) is 3.95. The zero-order valence-corrected chi connectivity index (χ0v) is 7.60. The molecule has 0 saturated heterocycles. The summed E-state index contributed by atoms with van der Waals surface area (Å²) in [6.07, 6.45) is 0. The number of hydrogen-bond donors (Lipinski definition) is 1. The summed E-state index contributed by atoms with van der Waals surface area (Å²) in [4.78, 5) is 1.29. The maximum Gasteiger partial charge on any atom is 0.0885 e. The normalized spacial score (nSPS) is 10.7. The van der Waals surface area contributed by atoms with Crippen LogP contribution < -0.4 is 0 Å². The highest BCUT2D eigenvalue weighted by atomic mass is 32.1. The Morgan fingerprint density at radius 3 is 1.82 bits per heavy atom. The number of nitriles is 2. The van der Waals surface area contributed by atoms with Gasteiger partial charge in [-0.15, -0.1) is 0 Å². The lowest BCUT2D eigenvalue weighted by atomic mass is 10.3. The van der Waals surface area contributed by atoms with Crippen molar-refractivity contribution in [3.05, 3.63) is 0 Å². The van der Waals surface area contributed by atoms with Crippen molar-refractivity contribution in [3.63, 3.8) is 0 Å². The van der Waals surface area contributed by atoms with E-state index in [1.165, 1.54) is 0 Å². The zero-order chi connectivity index (χ0) is 8.91. The van der Waals surface area contributed by atoms with E-state index in [4.69, 9.17) is 10.5 Å². The van der Waals surface area contributed by atoms with E-state index in [2.05, 4.69) is 12.6 Å². The third-order valence-corrected chi connectivity index (χ3v) is 1.58. The number of nitrogens with zero attached hydrogens (tertiary/aromatic N) is 3. The average Bonchev–Trinajstić information content (AvgIpc) is 1.85. The molecule has 0 aliphatic rings. The predicted molar refractivity (Wildman–Crippen MR) is 45.9 cm³/mol. The van der Waals surface area contributed by atoms with Crippen LogP contribution in [-0.2, 0) is 0 Å². The maximum atomic E-state index is 8.39. The standard InChI is InChI=1S/C7H11N3S/c1-7(2,11)10(5-3-8)6-4-9/h11H,5-6H2,1-2H3. The molecule has 0 aromatic heterocycles. The molecule has 0 spiro atoms. The van der Waals surface area contributed by atoms with Crippen molar-refractivity contribution in [1.29, 1.82) is 10.5 Å². The summed E-state index contributed by atoms with van der Waals surface area (Å²) in [5.74, 6) is 0. The smallest absolute Gasteiger partial charge is 0.0885 e. The Bertz CT molecular complexity index is 177. The molecular formula is C7H11N3S. The van der Waals surface area contributed by atoms with Crippen molar-refractivity contribution >= 4 is 12.6 Å². The summed E-state index contributed by atoms with van der Waals surface area (Å²) >= 11 is 4.24. The molecule has 0 aromatic rings. The lowest BCUT2D eigenvalue weighted by Gasteiger charge is -2.29. The van der Waals surface area contributed by atoms with Gasteiger partial charge in [-0.1, -0.05) is 0 Å². The SMILES string of the molecule is CC(C)(S)N(CC#N)CC#N. The number of thiol groups is 1. The molecule has 0 aliphatic carbocycles. The molecule has 0 aromatic carbocycles. The van der Waals surface area contributed by atoms with Gasteiger partial charge in [-0.05, 0) is 13.8 Å². The van der Waals surface area contributed by atoms with E-state index in [1.807, 2.05) is 26.0 Å². The van der Waals surface area contributed by atoms with Crippen LogP contribution in [0.15, 0.2) is 0 Å². The first-order valence-corrected chi connectivity index (χ1v) is 3.68. The molecule has 0 N–H and O–H groups in total. The molecule has 11 heavy (non-hydrogen) atoms. The van der Waals surface area contributed by atoms with Crippen LogP contribution in [0.3, 0.4) is 0 Å². The molecule has 0 heterocycles. The van der Waals surface area contributed by atoms with E-state index >= 15 is 0 Å². The largest absolute Gasteiger partial charge is 0.263 e. The highest BCUT2D eigenvalue weighted by molar-refractivity contribution is 7.81. The lowest BCUT2D eigenvalue weighted by molar-refractivity contribution is 0.250. The highest BCUT2D eigenvalue weighted by Crippen LogP contribution is 2.16. The Morgan fingerprint density at radius 1 is 1.27 bits per heavy atom. The number of rotatable bonds is 3. The predicted octanol–water partition coefficient (Wildman–Crippen LogP) is 1.00. The van der Waals surface area contributed by atoms with Crippen molar-refractivity contribution in [2.75, 3.05) is 13.1 Å². The molecule has 3 nitrogen and oxygen atoms in total. The Morgan fingerprint density at radius 2 is 1.64 bits per heavy atom. The van der Waals surface area contributed by atoms with Crippen LogP contribution in [0.2, 0.25) is 0 Å². The second-order valence-corrected chi connectivity index (χ2v) is 3.76. The van der Waals surface area contributed by atoms with E-state index in [9.17, 15) is 0 Å². The van der Waals surface area contributed by atoms with Crippen LogP contribution >= 0.6 is 12.6 Å². The Hall–Kier alpha value is -0.710. The van der Waals surface area contributed by atoms with E-state index < -0.39 is 4.87 Å². The van der Waals surface area contributed by atoms with Crippen LogP contribution in [-0.4, -0.2) is 22.9 Å². The van der Waals surface area contributed by atoms with Crippen molar-refractivity contribution in [1.82, 2.24) is 4.90 Å². The molecule has 0 atom stereocenters. The van der Waals surface area contributed by atoms with E-state index in [1.54, 1.807) is 4.90 Å². The van der Waals surface area contributed by atoms with Crippen molar-refractivity contribution in [2.24, 2.45) is 0 Å². The van der Waals surface area contributed by atoms with Gasteiger partial charge in [0.2, 0.25) is 0 Å². The first-order chi connectivity index (χ1) is 5.02. The first-order valence-electron chi connectivity index (χ1n) is 3.23. The van der Waals surface area contributed by atoms with Crippen LogP contribution in [0.25, 0.3) is 0 Å². The summed E-state index contributed by atoms with van der Waals surface area (Å²) in [6, 6.07) is 3.97. The molecule has 0 bridgehead atoms. The number of hydrogen-bond acceptors (Lipinski definition) is 4. The first kappa shape index (κ1) is 10.3. The average molecular weight is 169 g/mol. The molecule has 0 unspecified atom stereocenters. The Labute approximate surface area is 72.6 Å². The lowest BCUT2D eigenvalue weighted by Crippen LogP contribution is -2.39. The van der Waals surface area contributed by atoms with Crippen molar-refractivity contribution in [3.8, 4) is 12.1 Å². The third-order valence-electron chi connectivity index (χ3n) is 1.30. The van der Waals surface area contributed by atoms with Crippen molar-refractivity contribution in [2.45, 2.75) is 18.7 Å². The maximum absolute atomic E-state index is 8.39. The van der Waals surface area contributed by atoms with Gasteiger partial charge in [-0.2, -0.15) is 23.2 Å². The van der Waals surface area contributed by atoms with Gasteiger partial charge in [-0.3, -0.25) is 4.90 Å². The van der Waals surface area contributed by atoms with Gasteiger partial charge in [0, 0.05) is 0 Å². The Balaban J connectivity index is 4.15. The van der Waals surface area contributed by atoms with Crippen LogP contribution in [0.5, 0.6) is 0 Å². The topological polar surface area (TPSA) is 50.8 Å². The molecule has 4 heteroatoms. The fourth-order valence-electron chi connectivity index (χ4n) is 0.614. The van der Waals surface area contributed by atoms with E-state index in [-0.39, 0.29) is 13.1 Å². The van der Waals surface area contributed by atoms with Crippen LogP contribution in [0.1, 0.15) is 13.8 Å². The minimum absolute atomic E-state index is 0.240. The molecular weight excluding hydrogens is 158 g/mol. The molecule has 0 aliphatic heterocycles. The van der Waals surface area contributed by atoms with Gasteiger partial charge in [0.15, 0.2) is 0 Å². The monoisotopic (exact) mass is 169 g/mol. The van der Waals surface area contributed by atoms with Gasteiger partial charge in [0.25, 0.3) is 0 Å². The molecule has 0 saturated carbocycles. The third kappa shape index (κ3) is 3.87. The minimum atomic E-state index is -0.397. The van der Waals surface area contributed by atoms with Gasteiger partial charge >= 0.3 is 0 Å². The van der Waals surface area contributed by atoms with E-state index in [0.717, 1.165) is 0 Å². The quantitative estimate of drug-likeness (QED) is 0.389. The molecule has 0 radical (unpaired) electrons. The summed E-state index contributed by atoms with van der Waals surface area (Å²) in [5, 5.41) is 16.8. The highest BCUT2D eigenvalue weighted by Gasteiger charge is 2.20. The second kappa shape index (κ2) is 4.23. The molecule has 0 rings (SSSR count). The van der Waals surface area contributed by atoms with Crippen LogP contribution in [0.4, 0.5) is 0 Å². The second-order valence-electron chi connectivity index (χ2n) is 2.67. The minimum Gasteiger partial charge on any atom is -0.263 e. The van der Waals surface area contributed by atoms with Crippen molar-refractivity contribution < 1.29 is 0 Å². The zero-order valence-electron chi connectivity index (χ0n) is 6.70. The summed E-state index contributed by atoms with van der Waals surface area (Å²) in [6.45, 7) is 4.18. The fraction of sp³-hybridized carbons (Fsp3) is 0.714. The van der Waals surface area contributed by atoms with Gasteiger partial charge in [-0.25, -0.2) is 0 Å². The fourth-order valence-corrected chi connectivity index (χ4v) is 0.755. The summed E-state index contributed by atoms with van der Waals surface area (Å²) in [7, 11) is 0. The molecule has 60 valence electrons. The summed E-state index contributed by atoms with van der Waals surface area (Å²) < 4.78 is 0. The molecule has 0 fully saturated rings. The van der Waals surface area contributed by atoms with Gasteiger partial charge in [0.05, 0.1) is 30.1 Å². The van der Waals surface area contributed by atoms with Gasteiger partial charge < -0.3 is 0 Å². The van der Waals surface area contributed by atoms with Gasteiger partial charge in [0.1, 0.15) is 0 Å². The van der Waals surface area contributed by atoms with Crippen LogP contribution in [0, 0.1) is 22.7 Å². The van der Waals surface area contributed by atoms with E-state index in [0.29, 0.717) is 0 Å². The molecule has 0 amide bonds. The summed E-state index contributed by atoms with van der Waals surface area (Å²) in [5.41, 5.74) is 0.